The Labute approximate surface area is 261 Å². The van der Waals surface area contributed by atoms with Gasteiger partial charge < -0.3 is 10.4 Å². The molecule has 0 spiro atoms. The SMILES string of the molecule is CC(C)CC(=O)N(NC(=O)C1CCCN1)C(Cc1ccccc1)[C@H](O)CN(CC(C)C)S(=O)(=O)c1ccc2ccccc2c1. The first kappa shape index (κ1) is 33.6. The molecule has 0 radical (unpaired) electrons. The van der Waals surface area contributed by atoms with Crippen molar-refractivity contribution in [3.8, 4) is 0 Å². The maximum absolute atomic E-state index is 14.1. The number of sulfonamides is 1. The van der Waals surface area contributed by atoms with E-state index in [1.165, 1.54) is 9.31 Å². The van der Waals surface area contributed by atoms with E-state index in [1.807, 2.05) is 82.3 Å². The number of carbonyl (C=O) groups is 2. The number of benzene rings is 3. The van der Waals surface area contributed by atoms with Crippen molar-refractivity contribution in [2.45, 2.75) is 76.5 Å². The molecule has 3 N–H and O–H groups in total. The predicted octanol–water partition coefficient (Wildman–Crippen LogP) is 4.12. The Hall–Kier alpha value is -3.31. The van der Waals surface area contributed by atoms with Gasteiger partial charge in [0, 0.05) is 19.5 Å². The molecular weight excluding hydrogens is 576 g/mol. The Morgan fingerprint density at radius 1 is 0.932 bits per heavy atom. The number of carbonyl (C=O) groups excluding carboxylic acids is 2. The van der Waals surface area contributed by atoms with Gasteiger partial charge in [-0.2, -0.15) is 4.31 Å². The second kappa shape index (κ2) is 15.1. The van der Waals surface area contributed by atoms with Crippen LogP contribution in [0.15, 0.2) is 77.7 Å². The second-order valence-electron chi connectivity index (χ2n) is 12.5. The minimum Gasteiger partial charge on any atom is -0.390 e. The van der Waals surface area contributed by atoms with Crippen LogP contribution in [0.5, 0.6) is 0 Å². The number of rotatable bonds is 13. The van der Waals surface area contributed by atoms with Gasteiger partial charge in [0.25, 0.3) is 5.91 Å². The third kappa shape index (κ3) is 8.65. The molecule has 1 aliphatic heterocycles. The molecule has 1 heterocycles. The molecule has 10 heteroatoms. The second-order valence-corrected chi connectivity index (χ2v) is 14.5. The van der Waals surface area contributed by atoms with Gasteiger partial charge in [-0.1, -0.05) is 88.4 Å². The fraction of sp³-hybridized carbons (Fsp3) is 0.471. The molecular formula is C34H46N4O5S. The van der Waals surface area contributed by atoms with Crippen molar-refractivity contribution < 1.29 is 23.1 Å². The molecule has 2 unspecified atom stereocenters. The zero-order valence-electron chi connectivity index (χ0n) is 26.1. The quantitative estimate of drug-likeness (QED) is 0.247. The maximum atomic E-state index is 14.1. The Kier molecular flexibility index (Phi) is 11.5. The first-order valence-corrected chi connectivity index (χ1v) is 17.0. The highest BCUT2D eigenvalue weighted by Crippen LogP contribution is 2.25. The number of nitrogens with zero attached hydrogens (tertiary/aromatic N) is 2. The molecule has 1 saturated heterocycles. The first-order valence-electron chi connectivity index (χ1n) is 15.5. The number of hydrogen-bond donors (Lipinski definition) is 3. The molecule has 2 amide bonds. The zero-order valence-corrected chi connectivity index (χ0v) is 27.0. The largest absolute Gasteiger partial charge is 0.390 e. The number of hydrogen-bond acceptors (Lipinski definition) is 6. The van der Waals surface area contributed by atoms with Gasteiger partial charge in [-0.05, 0) is 66.1 Å². The predicted molar refractivity (Wildman–Crippen MR) is 173 cm³/mol. The zero-order chi connectivity index (χ0) is 31.9. The highest BCUT2D eigenvalue weighted by molar-refractivity contribution is 7.89. The van der Waals surface area contributed by atoms with Crippen LogP contribution >= 0.6 is 0 Å². The Bertz CT molecular complexity index is 1510. The molecule has 0 saturated carbocycles. The summed E-state index contributed by atoms with van der Waals surface area (Å²) in [5, 5.41) is 18.1. The van der Waals surface area contributed by atoms with Gasteiger partial charge in [0.15, 0.2) is 0 Å². The molecule has 4 rings (SSSR count). The first-order chi connectivity index (χ1) is 21.0. The normalized spacial score (nSPS) is 16.9. The van der Waals surface area contributed by atoms with Crippen LogP contribution in [0.25, 0.3) is 10.8 Å². The number of aliphatic hydroxyl groups excluding tert-OH is 1. The van der Waals surface area contributed by atoms with Crippen molar-refractivity contribution in [1.29, 1.82) is 0 Å². The summed E-state index contributed by atoms with van der Waals surface area (Å²) in [5.74, 6) is -0.699. The van der Waals surface area contributed by atoms with E-state index in [1.54, 1.807) is 18.2 Å². The van der Waals surface area contributed by atoms with Crippen LogP contribution in [0.3, 0.4) is 0 Å². The Morgan fingerprint density at radius 3 is 2.25 bits per heavy atom. The fourth-order valence-electron chi connectivity index (χ4n) is 5.62. The summed E-state index contributed by atoms with van der Waals surface area (Å²) >= 11 is 0. The van der Waals surface area contributed by atoms with Gasteiger partial charge in [-0.15, -0.1) is 0 Å². The van der Waals surface area contributed by atoms with Crippen molar-refractivity contribution in [1.82, 2.24) is 20.1 Å². The van der Waals surface area contributed by atoms with Crippen LogP contribution in [0.4, 0.5) is 0 Å². The molecule has 3 aromatic carbocycles. The van der Waals surface area contributed by atoms with Crippen molar-refractivity contribution in [3.05, 3.63) is 78.4 Å². The van der Waals surface area contributed by atoms with Crippen molar-refractivity contribution in [3.63, 3.8) is 0 Å². The van der Waals surface area contributed by atoms with E-state index in [9.17, 15) is 23.1 Å². The molecule has 1 fully saturated rings. The topological polar surface area (TPSA) is 119 Å². The molecule has 0 bridgehead atoms. The van der Waals surface area contributed by atoms with Gasteiger partial charge in [0.1, 0.15) is 0 Å². The lowest BCUT2D eigenvalue weighted by Gasteiger charge is -2.38. The Morgan fingerprint density at radius 2 is 1.61 bits per heavy atom. The molecule has 0 aliphatic carbocycles. The van der Waals surface area contributed by atoms with Crippen molar-refractivity contribution in [2.75, 3.05) is 19.6 Å². The van der Waals surface area contributed by atoms with Gasteiger partial charge in [-0.25, -0.2) is 13.4 Å². The molecule has 1 aliphatic rings. The summed E-state index contributed by atoms with van der Waals surface area (Å²) in [6.07, 6.45) is 0.565. The van der Waals surface area contributed by atoms with E-state index in [2.05, 4.69) is 10.7 Å². The van der Waals surface area contributed by atoms with Crippen LogP contribution in [-0.2, 0) is 26.0 Å². The average molecular weight is 623 g/mol. The van der Waals surface area contributed by atoms with E-state index < -0.39 is 28.2 Å². The number of amides is 2. The van der Waals surface area contributed by atoms with Crippen LogP contribution < -0.4 is 10.7 Å². The standard InChI is InChI=1S/C34H46N4O5S/c1-24(2)19-33(40)38(36-34(41)30-15-10-18-35-30)31(20-26-11-6-5-7-12-26)32(39)23-37(22-25(3)4)44(42,43)29-17-16-27-13-8-9-14-28(27)21-29/h5-9,11-14,16-17,21,24-25,30-32,35,39H,10,15,18-20,22-23H2,1-4H3,(H,36,41)/t30?,31?,32-/m1/s1. The van der Waals surface area contributed by atoms with Gasteiger partial charge >= 0.3 is 0 Å². The van der Waals surface area contributed by atoms with Gasteiger partial charge in [0.2, 0.25) is 15.9 Å². The van der Waals surface area contributed by atoms with Crippen LogP contribution in [-0.4, -0.2) is 72.5 Å². The molecule has 9 nitrogen and oxygen atoms in total. The van der Waals surface area contributed by atoms with E-state index >= 15 is 0 Å². The number of aliphatic hydroxyl groups is 1. The molecule has 238 valence electrons. The lowest BCUT2D eigenvalue weighted by atomic mass is 9.99. The highest BCUT2D eigenvalue weighted by atomic mass is 32.2. The van der Waals surface area contributed by atoms with E-state index in [0.29, 0.717) is 13.0 Å². The number of fused-ring (bicyclic) bond motifs is 1. The summed E-state index contributed by atoms with van der Waals surface area (Å²) in [4.78, 5) is 27.1. The minimum atomic E-state index is -4.02. The lowest BCUT2D eigenvalue weighted by Crippen LogP contribution is -2.61. The summed E-state index contributed by atoms with van der Waals surface area (Å²) in [6, 6.07) is 20.6. The summed E-state index contributed by atoms with van der Waals surface area (Å²) in [5.41, 5.74) is 3.67. The van der Waals surface area contributed by atoms with E-state index in [0.717, 1.165) is 22.8 Å². The third-order valence-electron chi connectivity index (χ3n) is 7.84. The summed E-state index contributed by atoms with van der Waals surface area (Å²) in [6.45, 7) is 8.30. The monoisotopic (exact) mass is 622 g/mol. The average Bonchev–Trinajstić information content (AvgIpc) is 3.53. The number of nitrogens with one attached hydrogen (secondary N) is 2. The maximum Gasteiger partial charge on any atom is 0.255 e. The third-order valence-corrected chi connectivity index (χ3v) is 9.67. The van der Waals surface area contributed by atoms with Crippen LogP contribution in [0, 0.1) is 11.8 Å². The van der Waals surface area contributed by atoms with E-state index in [4.69, 9.17) is 0 Å². The molecule has 3 atom stereocenters. The van der Waals surface area contributed by atoms with Gasteiger partial charge in [-0.3, -0.25) is 15.0 Å². The molecule has 3 aromatic rings. The van der Waals surface area contributed by atoms with Crippen molar-refractivity contribution in [2.24, 2.45) is 11.8 Å². The summed E-state index contributed by atoms with van der Waals surface area (Å²) < 4.78 is 29.5. The number of hydrazine groups is 1. The smallest absolute Gasteiger partial charge is 0.255 e. The lowest BCUT2D eigenvalue weighted by molar-refractivity contribution is -0.149. The van der Waals surface area contributed by atoms with Crippen LogP contribution in [0.1, 0.15) is 52.5 Å². The minimum absolute atomic E-state index is 0.00625. The van der Waals surface area contributed by atoms with Gasteiger partial charge in [0.05, 0.1) is 23.1 Å². The van der Waals surface area contributed by atoms with Crippen LogP contribution in [0.2, 0.25) is 0 Å². The molecule has 44 heavy (non-hydrogen) atoms. The fourth-order valence-corrected chi connectivity index (χ4v) is 7.28. The molecule has 0 aromatic heterocycles. The highest BCUT2D eigenvalue weighted by Gasteiger charge is 2.37. The Balaban J connectivity index is 1.70. The van der Waals surface area contributed by atoms with E-state index in [-0.39, 0.29) is 54.5 Å². The van der Waals surface area contributed by atoms with Crippen molar-refractivity contribution >= 4 is 32.6 Å². The summed E-state index contributed by atoms with van der Waals surface area (Å²) in [7, 11) is -4.02.